The highest BCUT2D eigenvalue weighted by Gasteiger charge is 2.24. The molecular weight excluding hydrogens is 362 g/mol. The minimum Gasteiger partial charge on any atom is -0.204 e. The van der Waals surface area contributed by atoms with Gasteiger partial charge in [-0.25, -0.2) is 8.78 Å². The molecule has 0 radical (unpaired) electrons. The van der Waals surface area contributed by atoms with Crippen molar-refractivity contribution in [1.82, 2.24) is 0 Å². The lowest BCUT2D eigenvalue weighted by Crippen LogP contribution is -2.15. The minimum absolute atomic E-state index is 0.425. The molecule has 0 atom stereocenters. The van der Waals surface area contributed by atoms with E-state index in [2.05, 4.69) is 6.92 Å². The van der Waals surface area contributed by atoms with Crippen molar-refractivity contribution in [2.75, 3.05) is 0 Å². The molecule has 2 fully saturated rings. The van der Waals surface area contributed by atoms with Crippen LogP contribution in [-0.4, -0.2) is 0 Å². The molecule has 0 saturated heterocycles. The van der Waals surface area contributed by atoms with E-state index >= 15 is 0 Å². The second-order valence-electron chi connectivity index (χ2n) is 10.1. The minimum atomic E-state index is -0.729. The third-order valence-electron chi connectivity index (χ3n) is 7.92. The van der Waals surface area contributed by atoms with Gasteiger partial charge >= 0.3 is 0 Å². The molecule has 3 rings (SSSR count). The molecule has 0 spiro atoms. The molecule has 1 aromatic carbocycles. The average molecular weight is 405 g/mol. The van der Waals surface area contributed by atoms with E-state index in [-0.39, 0.29) is 0 Å². The Morgan fingerprint density at radius 3 is 1.62 bits per heavy atom. The second-order valence-corrected chi connectivity index (χ2v) is 10.1. The Bertz CT molecular complexity index is 580. The summed E-state index contributed by atoms with van der Waals surface area (Å²) in [6.45, 7) is 2.30. The van der Waals surface area contributed by atoms with Crippen LogP contribution in [0, 0.1) is 29.4 Å². The predicted molar refractivity (Wildman–Crippen MR) is 119 cm³/mol. The molecule has 0 N–H and O–H groups in total. The van der Waals surface area contributed by atoms with Gasteiger partial charge in [-0.3, -0.25) is 0 Å². The molecule has 0 aliphatic heterocycles. The normalized spacial score (nSPS) is 27.8. The van der Waals surface area contributed by atoms with Crippen molar-refractivity contribution in [2.45, 2.75) is 116 Å². The fraction of sp³-hybridized carbons (Fsp3) is 0.778. The second kappa shape index (κ2) is 12.1. The SMILES string of the molecule is CCCCCC1CCC(CCCCC2CCC(c3ccc(F)c(F)c3)CC2)CC1. The molecule has 2 saturated carbocycles. The van der Waals surface area contributed by atoms with Gasteiger partial charge < -0.3 is 0 Å². The monoisotopic (exact) mass is 404 g/mol. The number of hydrogen-bond acceptors (Lipinski definition) is 0. The number of hydrogen-bond donors (Lipinski definition) is 0. The van der Waals surface area contributed by atoms with Crippen LogP contribution in [0.5, 0.6) is 0 Å². The van der Waals surface area contributed by atoms with Gasteiger partial charge in [-0.05, 0) is 67.1 Å². The van der Waals surface area contributed by atoms with E-state index in [4.69, 9.17) is 0 Å². The molecule has 164 valence electrons. The van der Waals surface area contributed by atoms with E-state index in [0.717, 1.165) is 36.2 Å². The molecule has 2 aliphatic rings. The number of unbranched alkanes of at least 4 members (excludes halogenated alkanes) is 3. The van der Waals surface area contributed by atoms with Gasteiger partial charge in [0.25, 0.3) is 0 Å². The molecule has 2 aliphatic carbocycles. The van der Waals surface area contributed by atoms with Gasteiger partial charge in [0.05, 0.1) is 0 Å². The number of halogens is 2. The highest BCUT2D eigenvalue weighted by molar-refractivity contribution is 5.22. The van der Waals surface area contributed by atoms with Gasteiger partial charge in [-0.2, -0.15) is 0 Å². The summed E-state index contributed by atoms with van der Waals surface area (Å²) >= 11 is 0. The Morgan fingerprint density at radius 2 is 1.14 bits per heavy atom. The van der Waals surface area contributed by atoms with Crippen LogP contribution in [0.15, 0.2) is 18.2 Å². The maximum Gasteiger partial charge on any atom is 0.159 e. The standard InChI is InChI=1S/C27H42F2/c1-2-3-4-7-21-10-12-22(13-11-21)8-5-6-9-23-14-16-24(17-15-23)25-18-19-26(28)27(29)20-25/h18-24H,2-17H2,1H3. The van der Waals surface area contributed by atoms with Gasteiger partial charge in [0.1, 0.15) is 0 Å². The summed E-state index contributed by atoms with van der Waals surface area (Å²) in [6.07, 6.45) is 22.0. The molecule has 0 nitrogen and oxygen atoms in total. The van der Waals surface area contributed by atoms with E-state index in [1.807, 2.05) is 0 Å². The van der Waals surface area contributed by atoms with Crippen LogP contribution in [0.3, 0.4) is 0 Å². The van der Waals surface area contributed by atoms with Gasteiger partial charge in [0.15, 0.2) is 11.6 Å². The Labute approximate surface area is 177 Å². The van der Waals surface area contributed by atoms with E-state index in [1.54, 1.807) is 6.07 Å². The molecule has 2 heteroatoms. The van der Waals surface area contributed by atoms with Crippen molar-refractivity contribution < 1.29 is 8.78 Å². The Hall–Kier alpha value is -0.920. The zero-order valence-electron chi connectivity index (χ0n) is 18.6. The van der Waals surface area contributed by atoms with E-state index < -0.39 is 11.6 Å². The molecule has 0 aromatic heterocycles. The molecule has 29 heavy (non-hydrogen) atoms. The van der Waals surface area contributed by atoms with Gasteiger partial charge in [0, 0.05) is 0 Å². The highest BCUT2D eigenvalue weighted by atomic mass is 19.2. The third-order valence-corrected chi connectivity index (χ3v) is 7.92. The largest absolute Gasteiger partial charge is 0.204 e. The summed E-state index contributed by atoms with van der Waals surface area (Å²) in [5, 5.41) is 0. The van der Waals surface area contributed by atoms with Gasteiger partial charge in [-0.15, -0.1) is 0 Å². The maximum atomic E-state index is 13.5. The van der Waals surface area contributed by atoms with Crippen molar-refractivity contribution in [2.24, 2.45) is 17.8 Å². The number of benzene rings is 1. The molecular formula is C27H42F2. The van der Waals surface area contributed by atoms with Crippen molar-refractivity contribution in [3.8, 4) is 0 Å². The fourth-order valence-corrected chi connectivity index (χ4v) is 5.91. The van der Waals surface area contributed by atoms with Crippen molar-refractivity contribution in [3.63, 3.8) is 0 Å². The lowest BCUT2D eigenvalue weighted by Gasteiger charge is -2.30. The van der Waals surface area contributed by atoms with E-state index in [1.165, 1.54) is 102 Å². The van der Waals surface area contributed by atoms with Crippen LogP contribution in [0.25, 0.3) is 0 Å². The predicted octanol–water partition coefficient (Wildman–Crippen LogP) is 9.19. The van der Waals surface area contributed by atoms with Crippen LogP contribution >= 0.6 is 0 Å². The number of rotatable bonds is 10. The Kier molecular flexibility index (Phi) is 9.46. The summed E-state index contributed by atoms with van der Waals surface area (Å²) in [6, 6.07) is 4.48. The molecule has 0 bridgehead atoms. The summed E-state index contributed by atoms with van der Waals surface area (Å²) in [4.78, 5) is 0. The fourth-order valence-electron chi connectivity index (χ4n) is 5.91. The van der Waals surface area contributed by atoms with Gasteiger partial charge in [0.2, 0.25) is 0 Å². The van der Waals surface area contributed by atoms with E-state index in [9.17, 15) is 8.78 Å². The molecule has 1 aromatic rings. The Morgan fingerprint density at radius 1 is 0.655 bits per heavy atom. The summed E-state index contributed by atoms with van der Waals surface area (Å²) in [7, 11) is 0. The van der Waals surface area contributed by atoms with Crippen LogP contribution in [0.2, 0.25) is 0 Å². The molecule has 0 heterocycles. The lowest BCUT2D eigenvalue weighted by molar-refractivity contribution is 0.240. The Balaban J connectivity index is 1.25. The van der Waals surface area contributed by atoms with Crippen molar-refractivity contribution in [1.29, 1.82) is 0 Å². The zero-order chi connectivity index (χ0) is 20.5. The van der Waals surface area contributed by atoms with Crippen molar-refractivity contribution >= 4 is 0 Å². The van der Waals surface area contributed by atoms with Crippen LogP contribution in [-0.2, 0) is 0 Å². The quantitative estimate of drug-likeness (QED) is 0.341. The van der Waals surface area contributed by atoms with Gasteiger partial charge in [-0.1, -0.05) is 90.0 Å². The summed E-state index contributed by atoms with van der Waals surface area (Å²) < 4.78 is 26.6. The lowest BCUT2D eigenvalue weighted by atomic mass is 9.76. The van der Waals surface area contributed by atoms with Crippen LogP contribution in [0.4, 0.5) is 8.78 Å². The highest BCUT2D eigenvalue weighted by Crippen LogP contribution is 2.39. The smallest absolute Gasteiger partial charge is 0.159 e. The van der Waals surface area contributed by atoms with Crippen LogP contribution < -0.4 is 0 Å². The van der Waals surface area contributed by atoms with Crippen LogP contribution in [0.1, 0.15) is 121 Å². The maximum absolute atomic E-state index is 13.5. The molecule has 0 unspecified atom stereocenters. The third kappa shape index (κ3) is 7.37. The average Bonchev–Trinajstić information content (AvgIpc) is 2.75. The topological polar surface area (TPSA) is 0 Å². The van der Waals surface area contributed by atoms with Crippen molar-refractivity contribution in [3.05, 3.63) is 35.4 Å². The zero-order valence-corrected chi connectivity index (χ0v) is 18.6. The molecule has 0 amide bonds. The first-order chi connectivity index (χ1) is 14.2. The first-order valence-electron chi connectivity index (χ1n) is 12.6. The van der Waals surface area contributed by atoms with E-state index in [0.29, 0.717) is 5.92 Å². The summed E-state index contributed by atoms with van der Waals surface area (Å²) in [5.41, 5.74) is 0.993. The first-order valence-corrected chi connectivity index (χ1v) is 12.6. The first kappa shape index (κ1) is 22.8. The summed E-state index contributed by atoms with van der Waals surface area (Å²) in [5.74, 6) is 1.89.